The molecule has 2 rings (SSSR count). The second kappa shape index (κ2) is 2.97. The number of fused-ring (bicyclic) bond motifs is 1. The van der Waals surface area contributed by atoms with Crippen molar-refractivity contribution in [2.45, 2.75) is 6.61 Å². The zero-order chi connectivity index (χ0) is 9.42. The van der Waals surface area contributed by atoms with E-state index >= 15 is 0 Å². The molecule has 13 heavy (non-hydrogen) atoms. The molecular weight excluding hydrogens is 190 g/mol. The van der Waals surface area contributed by atoms with Crippen molar-refractivity contribution in [3.63, 3.8) is 0 Å². The lowest BCUT2D eigenvalue weighted by atomic mass is 10.2. The van der Waals surface area contributed by atoms with Gasteiger partial charge in [0.15, 0.2) is 0 Å². The molecule has 2 aromatic heterocycles. The van der Waals surface area contributed by atoms with Crippen LogP contribution in [0.3, 0.4) is 0 Å². The average Bonchev–Trinajstić information content (AvgIpc) is 2.46. The van der Waals surface area contributed by atoms with Crippen LogP contribution in [-0.4, -0.2) is 19.9 Å². The van der Waals surface area contributed by atoms with Gasteiger partial charge in [0.1, 0.15) is 5.15 Å². The maximum absolute atomic E-state index is 9.04. The molecule has 0 atom stereocenters. The van der Waals surface area contributed by atoms with E-state index in [2.05, 4.69) is 10.1 Å². The number of hydrogen-bond acceptors (Lipinski definition) is 3. The normalized spacial score (nSPS) is 11.0. The van der Waals surface area contributed by atoms with E-state index in [1.165, 1.54) is 0 Å². The van der Waals surface area contributed by atoms with Crippen LogP contribution in [0.1, 0.15) is 5.69 Å². The zero-order valence-corrected chi connectivity index (χ0v) is 7.78. The van der Waals surface area contributed by atoms with E-state index in [9.17, 15) is 0 Å². The molecule has 0 saturated carbocycles. The van der Waals surface area contributed by atoms with Crippen LogP contribution < -0.4 is 0 Å². The summed E-state index contributed by atoms with van der Waals surface area (Å²) in [5.74, 6) is 0. The van der Waals surface area contributed by atoms with Gasteiger partial charge in [-0.25, -0.2) is 4.98 Å². The Bertz CT molecular complexity index is 452. The highest BCUT2D eigenvalue weighted by Gasteiger charge is 2.07. The van der Waals surface area contributed by atoms with Crippen molar-refractivity contribution < 1.29 is 5.11 Å². The van der Waals surface area contributed by atoms with E-state index in [4.69, 9.17) is 16.7 Å². The Morgan fingerprint density at radius 3 is 3.08 bits per heavy atom. The van der Waals surface area contributed by atoms with Crippen LogP contribution in [0.15, 0.2) is 12.3 Å². The van der Waals surface area contributed by atoms with Gasteiger partial charge in [-0.3, -0.25) is 4.68 Å². The van der Waals surface area contributed by atoms with Crippen LogP contribution in [0.2, 0.25) is 5.15 Å². The molecule has 0 bridgehead atoms. The fourth-order valence-corrected chi connectivity index (χ4v) is 1.59. The molecule has 0 aliphatic carbocycles. The molecule has 2 heterocycles. The van der Waals surface area contributed by atoms with Crippen molar-refractivity contribution in [2.75, 3.05) is 0 Å². The Morgan fingerprint density at radius 2 is 2.38 bits per heavy atom. The fourth-order valence-electron chi connectivity index (χ4n) is 1.37. The molecule has 0 aliphatic rings. The monoisotopic (exact) mass is 197 g/mol. The van der Waals surface area contributed by atoms with Crippen molar-refractivity contribution in [2.24, 2.45) is 7.05 Å². The van der Waals surface area contributed by atoms with Crippen LogP contribution in [0.4, 0.5) is 0 Å². The third-order valence-electron chi connectivity index (χ3n) is 1.91. The molecule has 0 fully saturated rings. The first-order valence-corrected chi connectivity index (χ1v) is 4.18. The van der Waals surface area contributed by atoms with Crippen LogP contribution in [0.25, 0.3) is 10.9 Å². The van der Waals surface area contributed by atoms with Crippen LogP contribution >= 0.6 is 11.6 Å². The van der Waals surface area contributed by atoms with Gasteiger partial charge < -0.3 is 5.11 Å². The lowest BCUT2D eigenvalue weighted by Gasteiger charge is -2.01. The Labute approximate surface area is 79.8 Å². The summed E-state index contributed by atoms with van der Waals surface area (Å²) in [5, 5.41) is 14.4. The average molecular weight is 198 g/mol. The Kier molecular flexibility index (Phi) is 1.94. The van der Waals surface area contributed by atoms with Gasteiger partial charge in [-0.2, -0.15) is 5.10 Å². The Hall–Kier alpha value is -1.13. The third-order valence-corrected chi connectivity index (χ3v) is 2.10. The van der Waals surface area contributed by atoms with Crippen molar-refractivity contribution in [3.8, 4) is 0 Å². The summed E-state index contributed by atoms with van der Waals surface area (Å²) in [5.41, 5.74) is 1.38. The van der Waals surface area contributed by atoms with Crippen molar-refractivity contribution in [1.82, 2.24) is 14.8 Å². The van der Waals surface area contributed by atoms with E-state index in [0.717, 1.165) is 10.9 Å². The van der Waals surface area contributed by atoms with Crippen LogP contribution in [0.5, 0.6) is 0 Å². The van der Waals surface area contributed by atoms with E-state index < -0.39 is 0 Å². The number of nitrogens with zero attached hydrogens (tertiary/aromatic N) is 3. The minimum atomic E-state index is -0.128. The third kappa shape index (κ3) is 1.28. The van der Waals surface area contributed by atoms with Gasteiger partial charge in [0, 0.05) is 12.4 Å². The van der Waals surface area contributed by atoms with Crippen molar-refractivity contribution >= 4 is 22.5 Å². The molecule has 0 aliphatic heterocycles. The first-order chi connectivity index (χ1) is 6.22. The summed E-state index contributed by atoms with van der Waals surface area (Å²) in [7, 11) is 1.80. The first-order valence-electron chi connectivity index (χ1n) is 3.80. The van der Waals surface area contributed by atoms with Gasteiger partial charge in [-0.1, -0.05) is 11.6 Å². The standard InChI is InChI=1S/C8H8ClN3O/c1-12-8-5(3-10-12)2-7(9)11-6(8)4-13/h2-3,13H,4H2,1H3. The zero-order valence-electron chi connectivity index (χ0n) is 7.03. The maximum Gasteiger partial charge on any atom is 0.130 e. The van der Waals surface area contributed by atoms with Crippen LogP contribution in [0, 0.1) is 0 Å². The molecule has 4 nitrogen and oxygen atoms in total. The van der Waals surface area contributed by atoms with Gasteiger partial charge in [0.2, 0.25) is 0 Å². The van der Waals surface area contributed by atoms with Crippen molar-refractivity contribution in [1.29, 1.82) is 0 Å². The predicted octanol–water partition coefficient (Wildman–Crippen LogP) is 1.11. The predicted molar refractivity (Wildman–Crippen MR) is 49.4 cm³/mol. The second-order valence-electron chi connectivity index (χ2n) is 2.76. The molecule has 2 aromatic rings. The first kappa shape index (κ1) is 8.47. The summed E-state index contributed by atoms with van der Waals surface area (Å²) in [6.07, 6.45) is 1.70. The van der Waals surface area contributed by atoms with E-state index in [0.29, 0.717) is 10.8 Å². The molecule has 0 amide bonds. The summed E-state index contributed by atoms with van der Waals surface area (Å²) in [6, 6.07) is 1.73. The smallest absolute Gasteiger partial charge is 0.130 e. The van der Waals surface area contributed by atoms with Crippen LogP contribution in [-0.2, 0) is 13.7 Å². The highest BCUT2D eigenvalue weighted by atomic mass is 35.5. The van der Waals surface area contributed by atoms with Gasteiger partial charge in [-0.15, -0.1) is 0 Å². The molecular formula is C8H8ClN3O. The summed E-state index contributed by atoms with van der Waals surface area (Å²) in [6.45, 7) is -0.128. The number of halogens is 1. The number of aliphatic hydroxyl groups excluding tert-OH is 1. The Morgan fingerprint density at radius 1 is 1.62 bits per heavy atom. The number of aliphatic hydroxyl groups is 1. The number of aromatic nitrogens is 3. The largest absolute Gasteiger partial charge is 0.390 e. The van der Waals surface area contributed by atoms with Gasteiger partial charge in [-0.05, 0) is 6.07 Å². The number of hydrogen-bond donors (Lipinski definition) is 1. The second-order valence-corrected chi connectivity index (χ2v) is 3.14. The number of aryl methyl sites for hydroxylation is 1. The van der Waals surface area contributed by atoms with Crippen molar-refractivity contribution in [3.05, 3.63) is 23.1 Å². The number of rotatable bonds is 1. The SMILES string of the molecule is Cn1ncc2cc(Cl)nc(CO)c21. The number of pyridine rings is 1. The van der Waals surface area contributed by atoms with Gasteiger partial charge >= 0.3 is 0 Å². The van der Waals surface area contributed by atoms with Gasteiger partial charge in [0.25, 0.3) is 0 Å². The summed E-state index contributed by atoms with van der Waals surface area (Å²) in [4.78, 5) is 4.01. The molecule has 68 valence electrons. The van der Waals surface area contributed by atoms with E-state index in [1.807, 2.05) is 0 Å². The fraction of sp³-hybridized carbons (Fsp3) is 0.250. The van der Waals surface area contributed by atoms with E-state index in [1.54, 1.807) is 24.0 Å². The molecule has 5 heteroatoms. The molecule has 0 saturated heterocycles. The lowest BCUT2D eigenvalue weighted by molar-refractivity contribution is 0.278. The van der Waals surface area contributed by atoms with E-state index in [-0.39, 0.29) is 6.61 Å². The maximum atomic E-state index is 9.04. The highest BCUT2D eigenvalue weighted by Crippen LogP contribution is 2.19. The quantitative estimate of drug-likeness (QED) is 0.697. The molecule has 0 spiro atoms. The molecule has 0 radical (unpaired) electrons. The topological polar surface area (TPSA) is 50.9 Å². The molecule has 1 N–H and O–H groups in total. The minimum Gasteiger partial charge on any atom is -0.390 e. The molecule has 0 aromatic carbocycles. The summed E-state index contributed by atoms with van der Waals surface area (Å²) >= 11 is 5.75. The highest BCUT2D eigenvalue weighted by molar-refractivity contribution is 6.30. The Balaban J connectivity index is 2.85. The lowest BCUT2D eigenvalue weighted by Crippen LogP contribution is -1.97. The van der Waals surface area contributed by atoms with Gasteiger partial charge in [0.05, 0.1) is 24.0 Å². The summed E-state index contributed by atoms with van der Waals surface area (Å²) < 4.78 is 1.67. The molecule has 0 unspecified atom stereocenters. The minimum absolute atomic E-state index is 0.128.